The second kappa shape index (κ2) is 10.1. The molecule has 0 fully saturated rings. The van der Waals surface area contributed by atoms with Crippen LogP contribution in [0.2, 0.25) is 0 Å². The van der Waals surface area contributed by atoms with Crippen molar-refractivity contribution in [2.75, 3.05) is 21.1 Å². The SMILES string of the molecule is CC=CCl.CN(C)C. The molecule has 0 amide bonds. The molecular formula is C6H14ClN. The molecule has 50 valence electrons. The van der Waals surface area contributed by atoms with Gasteiger partial charge in [-0.2, -0.15) is 0 Å². The summed E-state index contributed by atoms with van der Waals surface area (Å²) in [7, 11) is 6.00. The summed E-state index contributed by atoms with van der Waals surface area (Å²) in [5, 5.41) is 0. The van der Waals surface area contributed by atoms with Crippen LogP contribution in [0.4, 0.5) is 0 Å². The summed E-state index contributed by atoms with van der Waals surface area (Å²) in [5.74, 6) is 0. The molecule has 0 rings (SSSR count). The average molecular weight is 136 g/mol. The molecule has 0 aliphatic heterocycles. The van der Waals surface area contributed by atoms with Gasteiger partial charge < -0.3 is 4.90 Å². The second-order valence-corrected chi connectivity index (χ2v) is 2.05. The first-order chi connectivity index (χ1) is 3.65. The van der Waals surface area contributed by atoms with Gasteiger partial charge in [0.25, 0.3) is 0 Å². The number of rotatable bonds is 0. The van der Waals surface area contributed by atoms with Gasteiger partial charge in [-0.25, -0.2) is 0 Å². The lowest BCUT2D eigenvalue weighted by molar-refractivity contribution is 0.505. The van der Waals surface area contributed by atoms with Crippen molar-refractivity contribution in [3.63, 3.8) is 0 Å². The normalized spacial score (nSPS) is 9.25. The first kappa shape index (κ1) is 10.9. The van der Waals surface area contributed by atoms with E-state index in [2.05, 4.69) is 0 Å². The molecular weight excluding hydrogens is 122 g/mol. The third-order valence-corrected chi connectivity index (χ3v) is 0.378. The van der Waals surface area contributed by atoms with Crippen molar-refractivity contribution in [1.82, 2.24) is 4.90 Å². The van der Waals surface area contributed by atoms with E-state index < -0.39 is 0 Å². The monoisotopic (exact) mass is 135 g/mol. The molecule has 0 aliphatic rings. The largest absolute Gasteiger partial charge is 0.312 e. The smallest absolute Gasteiger partial charge is 0.0000330 e. The molecule has 0 saturated carbocycles. The van der Waals surface area contributed by atoms with E-state index >= 15 is 0 Å². The zero-order valence-corrected chi connectivity index (χ0v) is 6.74. The Morgan fingerprint density at radius 3 is 1.38 bits per heavy atom. The van der Waals surface area contributed by atoms with Gasteiger partial charge in [0, 0.05) is 0 Å². The Morgan fingerprint density at radius 2 is 1.38 bits per heavy atom. The second-order valence-electron chi connectivity index (χ2n) is 1.80. The number of allylic oxidation sites excluding steroid dienone is 1. The van der Waals surface area contributed by atoms with Crippen molar-refractivity contribution in [3.05, 3.63) is 11.6 Å². The number of hydrogen-bond donors (Lipinski definition) is 0. The highest BCUT2D eigenvalue weighted by atomic mass is 35.5. The molecule has 0 aliphatic carbocycles. The Morgan fingerprint density at radius 1 is 1.25 bits per heavy atom. The molecule has 0 saturated heterocycles. The van der Waals surface area contributed by atoms with Gasteiger partial charge in [0.2, 0.25) is 0 Å². The maximum Gasteiger partial charge on any atom is -0.0000330 e. The summed E-state index contributed by atoms with van der Waals surface area (Å²) < 4.78 is 0. The molecule has 8 heavy (non-hydrogen) atoms. The van der Waals surface area contributed by atoms with Crippen molar-refractivity contribution < 1.29 is 0 Å². The minimum atomic E-state index is 1.47. The predicted molar refractivity (Wildman–Crippen MR) is 40.3 cm³/mol. The van der Waals surface area contributed by atoms with Crippen molar-refractivity contribution in [3.8, 4) is 0 Å². The Bertz CT molecular complexity index is 43.7. The first-order valence-corrected chi connectivity index (χ1v) is 2.91. The van der Waals surface area contributed by atoms with E-state index in [9.17, 15) is 0 Å². The topological polar surface area (TPSA) is 3.24 Å². The quantitative estimate of drug-likeness (QED) is 0.491. The van der Waals surface area contributed by atoms with Crippen molar-refractivity contribution in [2.24, 2.45) is 0 Å². The van der Waals surface area contributed by atoms with Gasteiger partial charge in [-0.05, 0) is 33.6 Å². The van der Waals surface area contributed by atoms with Crippen LogP contribution in [0.5, 0.6) is 0 Å². The number of halogens is 1. The fraction of sp³-hybridized carbons (Fsp3) is 0.667. The lowest BCUT2D eigenvalue weighted by Crippen LogP contribution is -1.99. The minimum Gasteiger partial charge on any atom is -0.312 e. The van der Waals surface area contributed by atoms with E-state index in [0.29, 0.717) is 0 Å². The molecule has 0 aromatic carbocycles. The first-order valence-electron chi connectivity index (χ1n) is 2.47. The molecule has 0 N–H and O–H groups in total. The van der Waals surface area contributed by atoms with E-state index in [4.69, 9.17) is 11.6 Å². The summed E-state index contributed by atoms with van der Waals surface area (Å²) >= 11 is 5.01. The van der Waals surface area contributed by atoms with Crippen LogP contribution in [0.15, 0.2) is 11.6 Å². The Labute approximate surface area is 56.9 Å². The zero-order valence-electron chi connectivity index (χ0n) is 5.98. The zero-order chi connectivity index (χ0) is 6.99. The predicted octanol–water partition coefficient (Wildman–Crippen LogP) is 1.94. The fourth-order valence-electron chi connectivity index (χ4n) is 0. The van der Waals surface area contributed by atoms with Crippen LogP contribution in [-0.2, 0) is 0 Å². The van der Waals surface area contributed by atoms with Crippen LogP contribution < -0.4 is 0 Å². The van der Waals surface area contributed by atoms with Gasteiger partial charge in [0.1, 0.15) is 0 Å². The molecule has 0 heterocycles. The van der Waals surface area contributed by atoms with Gasteiger partial charge >= 0.3 is 0 Å². The molecule has 1 nitrogen and oxygen atoms in total. The van der Waals surface area contributed by atoms with Crippen molar-refractivity contribution in [1.29, 1.82) is 0 Å². The highest BCUT2D eigenvalue weighted by molar-refractivity contribution is 6.25. The van der Waals surface area contributed by atoms with E-state index in [1.165, 1.54) is 5.54 Å². The molecule has 0 spiro atoms. The van der Waals surface area contributed by atoms with E-state index in [1.807, 2.05) is 33.0 Å². The Hall–Kier alpha value is -0.0100. The summed E-state index contributed by atoms with van der Waals surface area (Å²) in [6, 6.07) is 0. The summed E-state index contributed by atoms with van der Waals surface area (Å²) in [6.45, 7) is 1.87. The van der Waals surface area contributed by atoms with Gasteiger partial charge in [-0.3, -0.25) is 0 Å². The van der Waals surface area contributed by atoms with Gasteiger partial charge in [-0.1, -0.05) is 17.7 Å². The molecule has 0 aromatic heterocycles. The highest BCUT2D eigenvalue weighted by Crippen LogP contribution is 1.70. The molecule has 0 unspecified atom stereocenters. The van der Waals surface area contributed by atoms with Crippen molar-refractivity contribution >= 4 is 11.6 Å². The summed E-state index contributed by atoms with van der Waals surface area (Å²) in [5.41, 5.74) is 1.47. The van der Waals surface area contributed by atoms with Crippen LogP contribution in [0.1, 0.15) is 6.92 Å². The summed E-state index contributed by atoms with van der Waals surface area (Å²) in [6.07, 6.45) is 1.77. The number of hydrogen-bond acceptors (Lipinski definition) is 1. The lowest BCUT2D eigenvalue weighted by atomic mass is 10.8. The summed E-state index contributed by atoms with van der Waals surface area (Å²) in [4.78, 5) is 2.00. The Balaban J connectivity index is 0. The van der Waals surface area contributed by atoms with Crippen molar-refractivity contribution in [2.45, 2.75) is 6.92 Å². The highest BCUT2D eigenvalue weighted by Gasteiger charge is 1.58. The van der Waals surface area contributed by atoms with Crippen LogP contribution in [0.3, 0.4) is 0 Å². The van der Waals surface area contributed by atoms with Gasteiger partial charge in [0.05, 0.1) is 0 Å². The van der Waals surface area contributed by atoms with E-state index in [-0.39, 0.29) is 0 Å². The third-order valence-electron chi connectivity index (χ3n) is 0.126. The van der Waals surface area contributed by atoms with Crippen LogP contribution in [0.25, 0.3) is 0 Å². The van der Waals surface area contributed by atoms with Gasteiger partial charge in [0.15, 0.2) is 0 Å². The average Bonchev–Trinajstić information content (AvgIpc) is 1.65. The molecule has 0 radical (unpaired) electrons. The maximum atomic E-state index is 5.01. The van der Waals surface area contributed by atoms with E-state index in [1.54, 1.807) is 6.08 Å². The standard InChI is InChI=1S/C3H5Cl.C3H9N/c1-2-3-4;1-4(2)3/h2-3H,1H3;1-3H3. The fourth-order valence-corrected chi connectivity index (χ4v) is 0. The molecule has 2 heteroatoms. The van der Waals surface area contributed by atoms with Crippen LogP contribution in [0, 0.1) is 0 Å². The lowest BCUT2D eigenvalue weighted by Gasteiger charge is -1.90. The van der Waals surface area contributed by atoms with Crippen LogP contribution in [-0.4, -0.2) is 26.0 Å². The third kappa shape index (κ3) is 152. The number of nitrogens with zero attached hydrogens (tertiary/aromatic N) is 1. The molecule has 0 bridgehead atoms. The Kier molecular flexibility index (Phi) is 13.7. The maximum absolute atomic E-state index is 5.01. The molecule has 0 atom stereocenters. The van der Waals surface area contributed by atoms with E-state index in [0.717, 1.165) is 0 Å². The minimum absolute atomic E-state index is 1.47. The molecule has 0 aromatic rings. The van der Waals surface area contributed by atoms with Crippen LogP contribution >= 0.6 is 11.6 Å². The van der Waals surface area contributed by atoms with Gasteiger partial charge in [-0.15, -0.1) is 0 Å².